The second-order valence-electron chi connectivity index (χ2n) is 7.41. The number of halogens is 3. The Labute approximate surface area is 177 Å². The third-order valence-corrected chi connectivity index (χ3v) is 5.27. The molecule has 1 saturated heterocycles. The van der Waals surface area contributed by atoms with Crippen molar-refractivity contribution in [2.75, 3.05) is 19.7 Å². The minimum Gasteiger partial charge on any atom is -0.493 e. The van der Waals surface area contributed by atoms with E-state index in [4.69, 9.17) is 4.74 Å². The van der Waals surface area contributed by atoms with Gasteiger partial charge in [-0.05, 0) is 42.8 Å². The van der Waals surface area contributed by atoms with Crippen molar-refractivity contribution in [2.45, 2.75) is 24.9 Å². The summed E-state index contributed by atoms with van der Waals surface area (Å²) < 4.78 is 43.8. The number of alkyl halides is 3. The molecule has 0 radical (unpaired) electrons. The van der Waals surface area contributed by atoms with E-state index in [1.165, 1.54) is 12.1 Å². The number of carbonyl (C=O) groups is 1. The quantitative estimate of drug-likeness (QED) is 0.640. The lowest BCUT2D eigenvalue weighted by molar-refractivity contribution is -0.137. The standard InChI is InChI=1S/C22H21F3N4O2/c23-22(24,25)17-2-1-3-19(12-17)31-11-7-18-13-20(28-27-18)16-6-10-29(14-16)21(30)15-4-8-26-9-5-15/h1-5,8-9,12-13,16H,6-7,10-11,14H2,(H,27,28)/t16-/m0/s1. The third kappa shape index (κ3) is 5.04. The number of likely N-dealkylation sites (tertiary alicyclic amines) is 1. The number of hydrogen-bond donors (Lipinski definition) is 1. The highest BCUT2D eigenvalue weighted by Gasteiger charge is 2.31. The minimum atomic E-state index is -4.40. The van der Waals surface area contributed by atoms with Crippen molar-refractivity contribution in [1.29, 1.82) is 0 Å². The normalized spacial score (nSPS) is 16.5. The van der Waals surface area contributed by atoms with Gasteiger partial charge in [0, 0.05) is 49.1 Å². The molecule has 31 heavy (non-hydrogen) atoms. The molecule has 0 bridgehead atoms. The number of H-pyrrole nitrogens is 1. The van der Waals surface area contributed by atoms with Gasteiger partial charge in [-0.1, -0.05) is 6.07 Å². The van der Waals surface area contributed by atoms with Crippen LogP contribution in [0.5, 0.6) is 5.75 Å². The maximum absolute atomic E-state index is 12.8. The van der Waals surface area contributed by atoms with Crippen LogP contribution in [0.15, 0.2) is 54.9 Å². The highest BCUT2D eigenvalue weighted by molar-refractivity contribution is 5.94. The largest absolute Gasteiger partial charge is 0.493 e. The predicted molar refractivity (Wildman–Crippen MR) is 107 cm³/mol. The van der Waals surface area contributed by atoms with Gasteiger partial charge in [-0.25, -0.2) is 0 Å². The average Bonchev–Trinajstić information content (AvgIpc) is 3.43. The van der Waals surface area contributed by atoms with Crippen LogP contribution in [-0.2, 0) is 12.6 Å². The number of benzene rings is 1. The van der Waals surface area contributed by atoms with E-state index in [1.807, 2.05) is 11.0 Å². The lowest BCUT2D eigenvalue weighted by atomic mass is 10.0. The van der Waals surface area contributed by atoms with Crippen LogP contribution < -0.4 is 4.74 Å². The number of carbonyl (C=O) groups excluding carboxylic acids is 1. The number of rotatable bonds is 6. The van der Waals surface area contributed by atoms with Gasteiger partial charge < -0.3 is 9.64 Å². The zero-order chi connectivity index (χ0) is 21.8. The minimum absolute atomic E-state index is 0.0184. The van der Waals surface area contributed by atoms with Crippen LogP contribution in [0, 0.1) is 0 Å². The number of ether oxygens (including phenoxy) is 1. The molecule has 1 aliphatic rings. The molecule has 9 heteroatoms. The molecule has 0 unspecified atom stereocenters. The fourth-order valence-electron chi connectivity index (χ4n) is 3.62. The van der Waals surface area contributed by atoms with Crippen molar-refractivity contribution >= 4 is 5.91 Å². The van der Waals surface area contributed by atoms with Crippen molar-refractivity contribution in [3.8, 4) is 5.75 Å². The van der Waals surface area contributed by atoms with Gasteiger partial charge in [0.2, 0.25) is 0 Å². The first kappa shape index (κ1) is 20.9. The molecule has 1 amide bonds. The van der Waals surface area contributed by atoms with E-state index in [0.717, 1.165) is 29.9 Å². The lowest BCUT2D eigenvalue weighted by Crippen LogP contribution is -2.28. The fraction of sp³-hybridized carbons (Fsp3) is 0.318. The van der Waals surface area contributed by atoms with E-state index < -0.39 is 11.7 Å². The third-order valence-electron chi connectivity index (χ3n) is 5.27. The maximum atomic E-state index is 12.8. The Bertz CT molecular complexity index is 1040. The van der Waals surface area contributed by atoms with Crippen molar-refractivity contribution in [3.05, 3.63) is 77.4 Å². The number of nitrogens with one attached hydrogen (secondary N) is 1. The van der Waals surface area contributed by atoms with Gasteiger partial charge >= 0.3 is 6.18 Å². The highest BCUT2D eigenvalue weighted by atomic mass is 19.4. The number of aromatic amines is 1. The summed E-state index contributed by atoms with van der Waals surface area (Å²) in [6.07, 6.45) is 0.105. The lowest BCUT2D eigenvalue weighted by Gasteiger charge is -2.15. The van der Waals surface area contributed by atoms with Gasteiger partial charge in [-0.3, -0.25) is 14.9 Å². The Morgan fingerprint density at radius 3 is 2.77 bits per heavy atom. The summed E-state index contributed by atoms with van der Waals surface area (Å²) in [5.74, 6) is 0.297. The van der Waals surface area contributed by atoms with Crippen molar-refractivity contribution in [2.24, 2.45) is 0 Å². The molecule has 1 atom stereocenters. The van der Waals surface area contributed by atoms with E-state index in [1.54, 1.807) is 24.5 Å². The first-order valence-corrected chi connectivity index (χ1v) is 9.94. The second kappa shape index (κ2) is 8.79. The summed E-state index contributed by atoms with van der Waals surface area (Å²) in [7, 11) is 0. The molecule has 1 aromatic carbocycles. The van der Waals surface area contributed by atoms with Crippen LogP contribution in [0.2, 0.25) is 0 Å². The highest BCUT2D eigenvalue weighted by Crippen LogP contribution is 2.31. The Kier molecular flexibility index (Phi) is 5.92. The maximum Gasteiger partial charge on any atom is 0.416 e. The Hall–Kier alpha value is -3.36. The molecule has 3 heterocycles. The Morgan fingerprint density at radius 2 is 2.00 bits per heavy atom. The average molecular weight is 430 g/mol. The molecule has 0 saturated carbocycles. The molecule has 3 aromatic rings. The predicted octanol–water partition coefficient (Wildman–Crippen LogP) is 4.07. The molecule has 162 valence electrons. The molecule has 4 rings (SSSR count). The van der Waals surface area contributed by atoms with Crippen LogP contribution in [0.1, 0.15) is 39.6 Å². The number of nitrogens with zero attached hydrogens (tertiary/aromatic N) is 3. The summed E-state index contributed by atoms with van der Waals surface area (Å²) in [5, 5.41) is 7.32. The molecule has 2 aromatic heterocycles. The molecule has 1 fully saturated rings. The monoisotopic (exact) mass is 430 g/mol. The number of amides is 1. The number of aromatic nitrogens is 3. The Balaban J connectivity index is 1.30. The zero-order valence-electron chi connectivity index (χ0n) is 16.6. The number of hydrogen-bond acceptors (Lipinski definition) is 4. The van der Waals surface area contributed by atoms with Gasteiger partial charge in [0.05, 0.1) is 17.9 Å². The van der Waals surface area contributed by atoms with E-state index in [0.29, 0.717) is 25.1 Å². The SMILES string of the molecule is O=C(c1ccncc1)N1CC[C@H](c2cc(CCOc3cccc(C(F)(F)F)c3)[nH]n2)C1. The zero-order valence-corrected chi connectivity index (χ0v) is 16.6. The Morgan fingerprint density at radius 1 is 1.19 bits per heavy atom. The summed E-state index contributed by atoms with van der Waals surface area (Å²) in [4.78, 5) is 18.3. The van der Waals surface area contributed by atoms with Crippen molar-refractivity contribution in [1.82, 2.24) is 20.1 Å². The first-order valence-electron chi connectivity index (χ1n) is 9.94. The topological polar surface area (TPSA) is 71.1 Å². The molecular weight excluding hydrogens is 409 g/mol. The fourth-order valence-corrected chi connectivity index (χ4v) is 3.62. The van der Waals surface area contributed by atoms with Crippen molar-refractivity contribution in [3.63, 3.8) is 0 Å². The van der Waals surface area contributed by atoms with E-state index in [9.17, 15) is 18.0 Å². The van der Waals surface area contributed by atoms with Crippen LogP contribution in [-0.4, -0.2) is 45.7 Å². The van der Waals surface area contributed by atoms with Gasteiger partial charge in [0.1, 0.15) is 5.75 Å². The van der Waals surface area contributed by atoms with Crippen LogP contribution in [0.4, 0.5) is 13.2 Å². The van der Waals surface area contributed by atoms with E-state index in [2.05, 4.69) is 15.2 Å². The second-order valence-corrected chi connectivity index (χ2v) is 7.41. The number of pyridine rings is 1. The summed E-state index contributed by atoms with van der Waals surface area (Å²) in [5.41, 5.74) is 1.59. The van der Waals surface area contributed by atoms with Gasteiger partial charge in [-0.15, -0.1) is 0 Å². The molecule has 1 N–H and O–H groups in total. The molecule has 1 aliphatic heterocycles. The summed E-state index contributed by atoms with van der Waals surface area (Å²) in [6.45, 7) is 1.47. The first-order chi connectivity index (χ1) is 14.9. The van der Waals surface area contributed by atoms with E-state index >= 15 is 0 Å². The molecular formula is C22H21F3N4O2. The van der Waals surface area contributed by atoms with Crippen LogP contribution in [0.25, 0.3) is 0 Å². The van der Waals surface area contributed by atoms with Crippen LogP contribution >= 0.6 is 0 Å². The van der Waals surface area contributed by atoms with Gasteiger partial charge in [-0.2, -0.15) is 18.3 Å². The molecule has 0 spiro atoms. The van der Waals surface area contributed by atoms with Crippen molar-refractivity contribution < 1.29 is 22.7 Å². The summed E-state index contributed by atoms with van der Waals surface area (Å²) in [6, 6.07) is 10.2. The summed E-state index contributed by atoms with van der Waals surface area (Å²) >= 11 is 0. The van der Waals surface area contributed by atoms with Gasteiger partial charge in [0.15, 0.2) is 0 Å². The molecule has 0 aliphatic carbocycles. The van der Waals surface area contributed by atoms with Crippen LogP contribution in [0.3, 0.4) is 0 Å². The smallest absolute Gasteiger partial charge is 0.416 e. The van der Waals surface area contributed by atoms with Gasteiger partial charge in [0.25, 0.3) is 5.91 Å². The molecule has 6 nitrogen and oxygen atoms in total. The van der Waals surface area contributed by atoms with E-state index in [-0.39, 0.29) is 24.2 Å².